The van der Waals surface area contributed by atoms with Gasteiger partial charge in [-0.1, -0.05) is 32.9 Å². The third kappa shape index (κ3) is 6.13. The minimum Gasteiger partial charge on any atom is -0.494 e. The van der Waals surface area contributed by atoms with Gasteiger partial charge in [-0.15, -0.1) is 0 Å². The Bertz CT molecular complexity index is 760. The van der Waals surface area contributed by atoms with Gasteiger partial charge >= 0.3 is 0 Å². The fraction of sp³-hybridized carbons (Fsp3) is 0.364. The second kappa shape index (κ2) is 9.21. The van der Waals surface area contributed by atoms with Crippen LogP contribution in [0.2, 0.25) is 0 Å². The van der Waals surface area contributed by atoms with Crippen molar-refractivity contribution < 1.29 is 14.3 Å². The molecule has 0 saturated heterocycles. The van der Waals surface area contributed by atoms with Crippen LogP contribution in [0.1, 0.15) is 54.0 Å². The van der Waals surface area contributed by atoms with E-state index in [0.717, 1.165) is 5.75 Å². The average molecular weight is 368 g/mol. The Balaban J connectivity index is 1.77. The van der Waals surface area contributed by atoms with E-state index in [0.29, 0.717) is 30.8 Å². The van der Waals surface area contributed by atoms with Crippen LogP contribution >= 0.6 is 0 Å². The van der Waals surface area contributed by atoms with Gasteiger partial charge in [0, 0.05) is 24.2 Å². The topological polar surface area (TPSA) is 67.4 Å². The predicted molar refractivity (Wildman–Crippen MR) is 107 cm³/mol. The molecule has 2 amide bonds. The van der Waals surface area contributed by atoms with Crippen LogP contribution in [0.25, 0.3) is 0 Å². The Morgan fingerprint density at radius 2 is 1.26 bits per heavy atom. The monoisotopic (exact) mass is 368 g/mol. The zero-order valence-corrected chi connectivity index (χ0v) is 16.5. The lowest BCUT2D eigenvalue weighted by Crippen LogP contribution is -2.34. The summed E-state index contributed by atoms with van der Waals surface area (Å²) in [6.07, 6.45) is 0. The van der Waals surface area contributed by atoms with Crippen molar-refractivity contribution in [1.29, 1.82) is 0 Å². The van der Waals surface area contributed by atoms with Gasteiger partial charge in [-0.2, -0.15) is 0 Å². The summed E-state index contributed by atoms with van der Waals surface area (Å²) in [6.45, 7) is 9.62. The summed E-state index contributed by atoms with van der Waals surface area (Å²) in [6, 6.07) is 14.6. The number of amides is 2. The first-order chi connectivity index (χ1) is 12.8. The first-order valence-corrected chi connectivity index (χ1v) is 9.21. The molecule has 0 aromatic heterocycles. The molecule has 2 aromatic rings. The normalized spacial score (nSPS) is 11.0. The fourth-order valence-corrected chi connectivity index (χ4v) is 2.55. The largest absolute Gasteiger partial charge is 0.494 e. The van der Waals surface area contributed by atoms with E-state index >= 15 is 0 Å². The highest BCUT2D eigenvalue weighted by Gasteiger charge is 2.14. The maximum Gasteiger partial charge on any atom is 0.251 e. The molecule has 2 aromatic carbocycles. The van der Waals surface area contributed by atoms with Crippen molar-refractivity contribution in [2.75, 3.05) is 19.7 Å². The minimum absolute atomic E-state index is 0.0557. The maximum atomic E-state index is 12.2. The van der Waals surface area contributed by atoms with Crippen LogP contribution in [-0.2, 0) is 5.41 Å². The van der Waals surface area contributed by atoms with E-state index in [1.54, 1.807) is 24.3 Å². The maximum absolute atomic E-state index is 12.2. The summed E-state index contributed by atoms with van der Waals surface area (Å²) in [5, 5.41) is 5.61. The van der Waals surface area contributed by atoms with Gasteiger partial charge in [0.25, 0.3) is 11.8 Å². The highest BCUT2D eigenvalue weighted by molar-refractivity contribution is 5.95. The minimum atomic E-state index is -0.179. The van der Waals surface area contributed by atoms with E-state index < -0.39 is 0 Å². The SMILES string of the molecule is CCOc1ccc(C(=O)NCCNC(=O)c2ccc(C(C)(C)C)cc2)cc1. The van der Waals surface area contributed by atoms with Gasteiger partial charge in [-0.3, -0.25) is 9.59 Å². The molecule has 0 aliphatic carbocycles. The molecule has 0 aliphatic rings. The van der Waals surface area contributed by atoms with Crippen molar-refractivity contribution in [3.8, 4) is 5.75 Å². The van der Waals surface area contributed by atoms with Crippen molar-refractivity contribution in [1.82, 2.24) is 10.6 Å². The van der Waals surface area contributed by atoms with Gasteiger partial charge in [0.15, 0.2) is 0 Å². The Hall–Kier alpha value is -2.82. The van der Waals surface area contributed by atoms with Gasteiger partial charge in [0.05, 0.1) is 6.61 Å². The summed E-state index contributed by atoms with van der Waals surface area (Å²) in [5.74, 6) is 0.409. The van der Waals surface area contributed by atoms with Crippen LogP contribution in [0, 0.1) is 0 Å². The van der Waals surface area contributed by atoms with E-state index in [1.807, 2.05) is 31.2 Å². The summed E-state index contributed by atoms with van der Waals surface area (Å²) in [4.78, 5) is 24.3. The molecular formula is C22H28N2O3. The highest BCUT2D eigenvalue weighted by Crippen LogP contribution is 2.22. The molecule has 0 heterocycles. The Morgan fingerprint density at radius 1 is 0.815 bits per heavy atom. The van der Waals surface area contributed by atoms with Crippen LogP contribution < -0.4 is 15.4 Å². The summed E-state index contributed by atoms with van der Waals surface area (Å²) < 4.78 is 5.35. The zero-order chi connectivity index (χ0) is 19.9. The molecule has 0 bridgehead atoms. The fourth-order valence-electron chi connectivity index (χ4n) is 2.55. The van der Waals surface area contributed by atoms with E-state index in [2.05, 4.69) is 31.4 Å². The smallest absolute Gasteiger partial charge is 0.251 e. The molecule has 0 radical (unpaired) electrons. The van der Waals surface area contributed by atoms with E-state index in [-0.39, 0.29) is 17.2 Å². The van der Waals surface area contributed by atoms with Crippen molar-refractivity contribution in [2.45, 2.75) is 33.1 Å². The molecule has 144 valence electrons. The molecule has 0 atom stereocenters. The molecule has 2 rings (SSSR count). The molecule has 0 spiro atoms. The van der Waals surface area contributed by atoms with Gasteiger partial charge in [-0.05, 0) is 54.3 Å². The number of carbonyl (C=O) groups excluding carboxylic acids is 2. The molecule has 2 N–H and O–H groups in total. The van der Waals surface area contributed by atoms with Crippen LogP contribution in [0.15, 0.2) is 48.5 Å². The van der Waals surface area contributed by atoms with Crippen molar-refractivity contribution in [2.24, 2.45) is 0 Å². The summed E-state index contributed by atoms with van der Waals surface area (Å²) >= 11 is 0. The molecular weight excluding hydrogens is 340 g/mol. The Kier molecular flexibility index (Phi) is 6.99. The Labute approximate surface area is 161 Å². The van der Waals surface area contributed by atoms with Gasteiger partial charge < -0.3 is 15.4 Å². The highest BCUT2D eigenvalue weighted by atomic mass is 16.5. The number of benzene rings is 2. The summed E-state index contributed by atoms with van der Waals surface area (Å²) in [7, 11) is 0. The van der Waals surface area contributed by atoms with Crippen LogP contribution in [0.4, 0.5) is 0 Å². The van der Waals surface area contributed by atoms with Gasteiger partial charge in [0.2, 0.25) is 0 Å². The average Bonchev–Trinajstić information content (AvgIpc) is 2.65. The second-order valence-electron chi connectivity index (χ2n) is 7.30. The molecule has 0 unspecified atom stereocenters. The van der Waals surface area contributed by atoms with Crippen LogP contribution in [0.3, 0.4) is 0 Å². The zero-order valence-electron chi connectivity index (χ0n) is 16.5. The first-order valence-electron chi connectivity index (χ1n) is 9.21. The van der Waals surface area contributed by atoms with E-state index in [4.69, 9.17) is 4.74 Å². The lowest BCUT2D eigenvalue weighted by molar-refractivity contribution is 0.0927. The summed E-state index contributed by atoms with van der Waals surface area (Å²) in [5.41, 5.74) is 2.41. The molecule has 0 aliphatic heterocycles. The number of hydrogen-bond acceptors (Lipinski definition) is 3. The second-order valence-corrected chi connectivity index (χ2v) is 7.30. The molecule has 0 saturated carbocycles. The number of ether oxygens (including phenoxy) is 1. The van der Waals surface area contributed by atoms with E-state index in [9.17, 15) is 9.59 Å². The van der Waals surface area contributed by atoms with Crippen molar-refractivity contribution in [3.63, 3.8) is 0 Å². The predicted octanol–water partition coefficient (Wildman–Crippen LogP) is 3.54. The molecule has 5 nitrogen and oxygen atoms in total. The third-order valence-electron chi connectivity index (χ3n) is 4.14. The third-order valence-corrected chi connectivity index (χ3v) is 4.14. The van der Waals surface area contributed by atoms with Crippen molar-refractivity contribution in [3.05, 3.63) is 65.2 Å². The first kappa shape index (κ1) is 20.5. The molecule has 5 heteroatoms. The number of rotatable bonds is 7. The lowest BCUT2D eigenvalue weighted by Gasteiger charge is -2.19. The lowest BCUT2D eigenvalue weighted by atomic mass is 9.87. The molecule has 0 fully saturated rings. The standard InChI is InChI=1S/C22H28N2O3/c1-5-27-19-12-8-17(9-13-19)21(26)24-15-14-23-20(25)16-6-10-18(11-7-16)22(2,3)4/h6-13H,5,14-15H2,1-4H3,(H,23,25)(H,24,26). The number of hydrogen-bond donors (Lipinski definition) is 2. The van der Waals surface area contributed by atoms with Gasteiger partial charge in [0.1, 0.15) is 5.75 Å². The number of carbonyl (C=O) groups is 2. The van der Waals surface area contributed by atoms with E-state index in [1.165, 1.54) is 5.56 Å². The van der Waals surface area contributed by atoms with Gasteiger partial charge in [-0.25, -0.2) is 0 Å². The number of nitrogens with one attached hydrogen (secondary N) is 2. The molecule has 27 heavy (non-hydrogen) atoms. The van der Waals surface area contributed by atoms with Crippen LogP contribution in [0.5, 0.6) is 5.75 Å². The Morgan fingerprint density at radius 3 is 1.67 bits per heavy atom. The van der Waals surface area contributed by atoms with Crippen LogP contribution in [-0.4, -0.2) is 31.5 Å². The van der Waals surface area contributed by atoms with Crippen molar-refractivity contribution >= 4 is 11.8 Å². The quantitative estimate of drug-likeness (QED) is 0.735.